The van der Waals surface area contributed by atoms with Crippen molar-refractivity contribution in [1.29, 1.82) is 0 Å². The Bertz CT molecular complexity index is 1070. The van der Waals surface area contributed by atoms with Crippen LogP contribution in [0.4, 0.5) is 24.8 Å². The zero-order chi connectivity index (χ0) is 22.0. The second kappa shape index (κ2) is 8.68. The maximum atomic E-state index is 13.3. The summed E-state index contributed by atoms with van der Waals surface area (Å²) in [6.07, 6.45) is -3.07. The van der Waals surface area contributed by atoms with Gasteiger partial charge in [-0.1, -0.05) is 23.7 Å². The maximum Gasteiger partial charge on any atom is 0.419 e. The van der Waals surface area contributed by atoms with Crippen LogP contribution < -0.4 is 15.5 Å². The van der Waals surface area contributed by atoms with E-state index in [4.69, 9.17) is 17.3 Å². The molecule has 0 spiro atoms. The lowest BCUT2D eigenvalue weighted by molar-refractivity contribution is -0.137. The number of rotatable bonds is 4. The molecule has 0 saturated carbocycles. The quantitative estimate of drug-likeness (QED) is 0.650. The van der Waals surface area contributed by atoms with E-state index < -0.39 is 11.7 Å². The van der Waals surface area contributed by atoms with E-state index >= 15 is 0 Å². The number of pyridine rings is 1. The Labute approximate surface area is 182 Å². The molecular weight excluding hydrogens is 429 g/mol. The first kappa shape index (κ1) is 21.3. The molecule has 1 saturated heterocycles. The van der Waals surface area contributed by atoms with Crippen LogP contribution in [-0.2, 0) is 12.7 Å². The zero-order valence-corrected chi connectivity index (χ0v) is 17.2. The van der Waals surface area contributed by atoms with E-state index in [2.05, 4.69) is 15.0 Å². The van der Waals surface area contributed by atoms with Crippen LogP contribution in [0.2, 0.25) is 5.02 Å². The zero-order valence-electron chi connectivity index (χ0n) is 16.5. The summed E-state index contributed by atoms with van der Waals surface area (Å²) in [5.74, 6) is 1.13. The lowest BCUT2D eigenvalue weighted by atomic mass is 10.1. The Kier molecular flexibility index (Phi) is 5.97. The molecule has 31 heavy (non-hydrogen) atoms. The first-order valence-electron chi connectivity index (χ1n) is 9.71. The number of hydrogen-bond donors (Lipinski definition) is 1. The molecule has 2 aromatic heterocycles. The summed E-state index contributed by atoms with van der Waals surface area (Å²) in [7, 11) is 0. The first-order chi connectivity index (χ1) is 14.8. The summed E-state index contributed by atoms with van der Waals surface area (Å²) in [5, 5.41) is 0.594. The molecule has 6 nitrogen and oxygen atoms in total. The molecular formula is C21H20ClF3N6. The normalized spacial score (nSPS) is 14.7. The van der Waals surface area contributed by atoms with Gasteiger partial charge in [-0.3, -0.25) is 0 Å². The fourth-order valence-corrected chi connectivity index (χ4v) is 3.74. The summed E-state index contributed by atoms with van der Waals surface area (Å²) in [6, 6.07) is 11.5. The van der Waals surface area contributed by atoms with E-state index in [1.54, 1.807) is 11.0 Å². The monoisotopic (exact) mass is 448 g/mol. The Morgan fingerprint density at radius 3 is 2.39 bits per heavy atom. The fraction of sp³-hybridized carbons (Fsp3) is 0.286. The minimum atomic E-state index is -4.45. The van der Waals surface area contributed by atoms with Gasteiger partial charge in [-0.15, -0.1) is 0 Å². The number of halogens is 4. The third-order valence-electron chi connectivity index (χ3n) is 5.06. The lowest BCUT2D eigenvalue weighted by Crippen LogP contribution is -2.47. The topological polar surface area (TPSA) is 71.2 Å². The van der Waals surface area contributed by atoms with E-state index in [1.807, 2.05) is 29.2 Å². The Morgan fingerprint density at radius 1 is 0.968 bits per heavy atom. The lowest BCUT2D eigenvalue weighted by Gasteiger charge is -2.37. The van der Waals surface area contributed by atoms with Gasteiger partial charge in [0.25, 0.3) is 0 Å². The van der Waals surface area contributed by atoms with Crippen LogP contribution in [0.3, 0.4) is 0 Å². The van der Waals surface area contributed by atoms with Crippen molar-refractivity contribution < 1.29 is 13.2 Å². The number of aromatic nitrogens is 3. The van der Waals surface area contributed by atoms with Crippen LogP contribution >= 0.6 is 11.6 Å². The van der Waals surface area contributed by atoms with Crippen LogP contribution in [0.1, 0.15) is 11.4 Å². The highest BCUT2D eigenvalue weighted by Crippen LogP contribution is 2.35. The van der Waals surface area contributed by atoms with Crippen LogP contribution in [0.15, 0.2) is 48.7 Å². The molecule has 0 bridgehead atoms. The van der Waals surface area contributed by atoms with Gasteiger partial charge in [-0.25, -0.2) is 15.0 Å². The van der Waals surface area contributed by atoms with Crippen molar-refractivity contribution in [3.05, 3.63) is 65.1 Å². The SMILES string of the molecule is NCc1nc(-c2cccc(Cl)c2)cc(N2CCN(c3ncccc3C(F)(F)F)CC2)n1. The summed E-state index contributed by atoms with van der Waals surface area (Å²) < 4.78 is 40.0. The molecule has 0 radical (unpaired) electrons. The average Bonchev–Trinajstić information content (AvgIpc) is 2.78. The first-order valence-corrected chi connectivity index (χ1v) is 10.1. The van der Waals surface area contributed by atoms with Crippen molar-refractivity contribution in [2.24, 2.45) is 5.73 Å². The molecule has 10 heteroatoms. The molecule has 0 aliphatic carbocycles. The Morgan fingerprint density at radius 2 is 1.71 bits per heavy atom. The van der Waals surface area contributed by atoms with Gasteiger partial charge >= 0.3 is 6.18 Å². The van der Waals surface area contributed by atoms with Gasteiger partial charge in [0.1, 0.15) is 17.5 Å². The summed E-state index contributed by atoms with van der Waals surface area (Å²) >= 11 is 6.11. The minimum absolute atomic E-state index is 0.0420. The smallest absolute Gasteiger partial charge is 0.353 e. The Hall–Kier alpha value is -2.91. The van der Waals surface area contributed by atoms with Crippen molar-refractivity contribution in [2.45, 2.75) is 12.7 Å². The molecule has 2 N–H and O–H groups in total. The van der Waals surface area contributed by atoms with Gasteiger partial charge < -0.3 is 15.5 Å². The van der Waals surface area contributed by atoms with Crippen LogP contribution in [-0.4, -0.2) is 41.1 Å². The van der Waals surface area contributed by atoms with E-state index in [1.165, 1.54) is 12.3 Å². The van der Waals surface area contributed by atoms with Crippen molar-refractivity contribution in [3.63, 3.8) is 0 Å². The third-order valence-corrected chi connectivity index (χ3v) is 5.29. The fourth-order valence-electron chi connectivity index (χ4n) is 3.55. The average molecular weight is 449 g/mol. The second-order valence-corrected chi connectivity index (χ2v) is 7.52. The van der Waals surface area contributed by atoms with Crippen LogP contribution in [0.25, 0.3) is 11.3 Å². The van der Waals surface area contributed by atoms with Gasteiger partial charge in [-0.05, 0) is 24.3 Å². The number of alkyl halides is 3. The number of benzene rings is 1. The molecule has 1 aromatic carbocycles. The van der Waals surface area contributed by atoms with Crippen LogP contribution in [0, 0.1) is 0 Å². The molecule has 0 amide bonds. The number of nitrogens with zero attached hydrogens (tertiary/aromatic N) is 5. The van der Waals surface area contributed by atoms with Crippen molar-refractivity contribution >= 4 is 23.2 Å². The van der Waals surface area contributed by atoms with Crippen molar-refractivity contribution in [2.75, 3.05) is 36.0 Å². The molecule has 3 aromatic rings. The summed E-state index contributed by atoms with van der Waals surface area (Å²) in [4.78, 5) is 16.7. The van der Waals surface area contributed by atoms with E-state index in [0.717, 1.165) is 11.6 Å². The van der Waals surface area contributed by atoms with E-state index in [9.17, 15) is 13.2 Å². The second-order valence-electron chi connectivity index (χ2n) is 7.09. The van der Waals surface area contributed by atoms with Gasteiger partial charge in [-0.2, -0.15) is 13.2 Å². The van der Waals surface area contributed by atoms with Crippen molar-refractivity contribution in [3.8, 4) is 11.3 Å². The minimum Gasteiger partial charge on any atom is -0.353 e. The van der Waals surface area contributed by atoms with Gasteiger partial charge in [0.2, 0.25) is 0 Å². The Balaban J connectivity index is 1.56. The molecule has 0 atom stereocenters. The maximum absolute atomic E-state index is 13.3. The highest BCUT2D eigenvalue weighted by Gasteiger charge is 2.36. The number of anilines is 2. The standard InChI is InChI=1S/C21H20ClF3N6/c22-15-4-1-3-14(11-15)17-12-19(29-18(13-26)28-17)30-7-9-31(10-8-30)20-16(21(23,24)25)5-2-6-27-20/h1-6,11-12H,7-10,13,26H2. The molecule has 1 aliphatic heterocycles. The molecule has 4 rings (SSSR count). The number of hydrogen-bond acceptors (Lipinski definition) is 6. The highest BCUT2D eigenvalue weighted by molar-refractivity contribution is 6.30. The molecule has 1 aliphatic rings. The third kappa shape index (κ3) is 4.72. The molecule has 0 unspecified atom stereocenters. The summed E-state index contributed by atoms with van der Waals surface area (Å²) in [6.45, 7) is 1.92. The van der Waals surface area contributed by atoms with Gasteiger partial charge in [0.05, 0.1) is 17.8 Å². The predicted octanol–water partition coefficient (Wildman–Crippen LogP) is 4.00. The van der Waals surface area contributed by atoms with E-state index in [0.29, 0.717) is 48.5 Å². The number of piperazine rings is 1. The predicted molar refractivity (Wildman–Crippen MR) is 114 cm³/mol. The molecule has 3 heterocycles. The highest BCUT2D eigenvalue weighted by atomic mass is 35.5. The van der Waals surface area contributed by atoms with Gasteiger partial charge in [0, 0.05) is 49.0 Å². The van der Waals surface area contributed by atoms with Crippen molar-refractivity contribution in [1.82, 2.24) is 15.0 Å². The molecule has 162 valence electrons. The number of nitrogens with two attached hydrogens (primary N) is 1. The van der Waals surface area contributed by atoms with Crippen LogP contribution in [0.5, 0.6) is 0 Å². The molecule has 1 fully saturated rings. The van der Waals surface area contributed by atoms with E-state index in [-0.39, 0.29) is 12.4 Å². The van der Waals surface area contributed by atoms with Gasteiger partial charge in [0.15, 0.2) is 0 Å². The largest absolute Gasteiger partial charge is 0.419 e. The summed E-state index contributed by atoms with van der Waals surface area (Å²) in [5.41, 5.74) is 6.60.